The maximum atomic E-state index is 12.1. The van der Waals surface area contributed by atoms with E-state index in [9.17, 15) is 9.59 Å². The fourth-order valence-corrected chi connectivity index (χ4v) is 1.91. The molecule has 0 amide bonds. The molecule has 0 aliphatic heterocycles. The number of ether oxygens (including phenoxy) is 1. The quantitative estimate of drug-likeness (QED) is 0.534. The molecule has 21 heavy (non-hydrogen) atoms. The summed E-state index contributed by atoms with van der Waals surface area (Å²) in [5.74, 6) is -0.874. The summed E-state index contributed by atoms with van der Waals surface area (Å²) >= 11 is 5.79. The predicted molar refractivity (Wildman–Crippen MR) is 81.5 cm³/mol. The third-order valence-electron chi connectivity index (χ3n) is 2.94. The molecule has 5 heteroatoms. The molecule has 2 aromatic rings. The first-order valence-electron chi connectivity index (χ1n) is 6.34. The van der Waals surface area contributed by atoms with Crippen LogP contribution in [0.15, 0.2) is 48.5 Å². The number of ketones is 1. The molecule has 0 heterocycles. The van der Waals surface area contributed by atoms with Crippen molar-refractivity contribution in [1.82, 2.24) is 0 Å². The molecule has 2 aromatic carbocycles. The molecule has 0 saturated carbocycles. The van der Waals surface area contributed by atoms with Crippen LogP contribution in [0.3, 0.4) is 0 Å². The summed E-state index contributed by atoms with van der Waals surface area (Å²) in [4.78, 5) is 24.1. The van der Waals surface area contributed by atoms with E-state index in [1.807, 2.05) is 6.07 Å². The van der Waals surface area contributed by atoms with E-state index in [2.05, 4.69) is 0 Å². The monoisotopic (exact) mass is 303 g/mol. The van der Waals surface area contributed by atoms with Crippen molar-refractivity contribution in [2.75, 3.05) is 5.73 Å². The Morgan fingerprint density at radius 3 is 2.38 bits per heavy atom. The number of hydrogen-bond donors (Lipinski definition) is 1. The Balaban J connectivity index is 2.08. The second-order valence-electron chi connectivity index (χ2n) is 4.51. The number of nitrogens with two attached hydrogens (primary N) is 1. The Morgan fingerprint density at radius 2 is 1.76 bits per heavy atom. The predicted octanol–water partition coefficient (Wildman–Crippen LogP) is 3.35. The summed E-state index contributed by atoms with van der Waals surface area (Å²) in [5.41, 5.74) is 6.67. The molecule has 1 atom stereocenters. The fourth-order valence-electron chi connectivity index (χ4n) is 1.79. The average Bonchev–Trinajstić information content (AvgIpc) is 2.50. The summed E-state index contributed by atoms with van der Waals surface area (Å²) in [6.45, 7) is 1.53. The molecule has 0 bridgehead atoms. The minimum Gasteiger partial charge on any atom is -0.451 e. The lowest BCUT2D eigenvalue weighted by Crippen LogP contribution is -2.24. The lowest BCUT2D eigenvalue weighted by molar-refractivity contribution is 0.0319. The van der Waals surface area contributed by atoms with E-state index in [4.69, 9.17) is 22.1 Å². The molecule has 2 rings (SSSR count). The van der Waals surface area contributed by atoms with Crippen molar-refractivity contribution >= 4 is 29.0 Å². The van der Waals surface area contributed by atoms with Crippen molar-refractivity contribution in [2.24, 2.45) is 0 Å². The van der Waals surface area contributed by atoms with Gasteiger partial charge in [0.05, 0.1) is 16.3 Å². The van der Waals surface area contributed by atoms with Gasteiger partial charge in [0.1, 0.15) is 0 Å². The van der Waals surface area contributed by atoms with Gasteiger partial charge in [0.2, 0.25) is 5.78 Å². The number of nitrogen functional groups attached to an aromatic ring is 1. The van der Waals surface area contributed by atoms with Crippen LogP contribution >= 0.6 is 11.6 Å². The van der Waals surface area contributed by atoms with Gasteiger partial charge in [0, 0.05) is 5.56 Å². The highest BCUT2D eigenvalue weighted by molar-refractivity contribution is 6.33. The number of rotatable bonds is 4. The first-order valence-corrected chi connectivity index (χ1v) is 6.72. The van der Waals surface area contributed by atoms with Gasteiger partial charge in [-0.1, -0.05) is 41.9 Å². The van der Waals surface area contributed by atoms with E-state index >= 15 is 0 Å². The van der Waals surface area contributed by atoms with Crippen LogP contribution in [0.4, 0.5) is 5.69 Å². The van der Waals surface area contributed by atoms with Crippen molar-refractivity contribution in [3.8, 4) is 0 Å². The standard InChI is InChI=1S/C16H14ClNO3/c1-10(15(19)11-5-3-2-4-6-11)21-16(20)12-7-8-13(17)14(18)9-12/h2-10H,18H2,1H3. The van der Waals surface area contributed by atoms with E-state index < -0.39 is 12.1 Å². The van der Waals surface area contributed by atoms with E-state index in [-0.39, 0.29) is 17.0 Å². The van der Waals surface area contributed by atoms with Gasteiger partial charge in [-0.25, -0.2) is 4.79 Å². The number of anilines is 1. The van der Waals surface area contributed by atoms with E-state index in [1.165, 1.54) is 25.1 Å². The third-order valence-corrected chi connectivity index (χ3v) is 3.29. The first kappa shape index (κ1) is 15.1. The molecule has 0 aromatic heterocycles. The topological polar surface area (TPSA) is 69.4 Å². The number of hydrogen-bond acceptors (Lipinski definition) is 4. The maximum absolute atomic E-state index is 12.1. The minimum atomic E-state index is -0.878. The zero-order valence-corrected chi connectivity index (χ0v) is 12.1. The molecule has 4 nitrogen and oxygen atoms in total. The molecule has 2 N–H and O–H groups in total. The van der Waals surface area contributed by atoms with Crippen molar-refractivity contribution in [2.45, 2.75) is 13.0 Å². The lowest BCUT2D eigenvalue weighted by Gasteiger charge is -2.12. The Labute approximate surface area is 127 Å². The SMILES string of the molecule is CC(OC(=O)c1ccc(Cl)c(N)c1)C(=O)c1ccccc1. The molecule has 108 valence electrons. The summed E-state index contributed by atoms with van der Waals surface area (Å²) in [6, 6.07) is 13.1. The molecule has 0 spiro atoms. The van der Waals surface area contributed by atoms with Crippen molar-refractivity contribution in [3.63, 3.8) is 0 Å². The highest BCUT2D eigenvalue weighted by Crippen LogP contribution is 2.20. The molecular weight excluding hydrogens is 290 g/mol. The van der Waals surface area contributed by atoms with Crippen LogP contribution in [0.1, 0.15) is 27.6 Å². The molecule has 0 radical (unpaired) electrons. The normalized spacial score (nSPS) is 11.7. The van der Waals surface area contributed by atoms with Crippen molar-refractivity contribution in [3.05, 3.63) is 64.7 Å². The lowest BCUT2D eigenvalue weighted by atomic mass is 10.1. The van der Waals surface area contributed by atoms with Gasteiger partial charge in [-0.3, -0.25) is 4.79 Å². The third kappa shape index (κ3) is 3.61. The van der Waals surface area contributed by atoms with Crippen LogP contribution in [0.2, 0.25) is 5.02 Å². The van der Waals surface area contributed by atoms with Crippen LogP contribution in [0, 0.1) is 0 Å². The van der Waals surface area contributed by atoms with Gasteiger partial charge in [0.25, 0.3) is 0 Å². The van der Waals surface area contributed by atoms with E-state index in [0.717, 1.165) is 0 Å². The Kier molecular flexibility index (Phi) is 4.60. The fraction of sp³-hybridized carbons (Fsp3) is 0.125. The number of Topliss-reactive ketones (excluding diaryl/α,β-unsaturated/α-hetero) is 1. The second-order valence-corrected chi connectivity index (χ2v) is 4.92. The van der Waals surface area contributed by atoms with E-state index in [1.54, 1.807) is 24.3 Å². The molecule has 1 unspecified atom stereocenters. The Hall–Kier alpha value is -2.33. The van der Waals surface area contributed by atoms with Crippen LogP contribution < -0.4 is 5.73 Å². The highest BCUT2D eigenvalue weighted by atomic mass is 35.5. The zero-order chi connectivity index (χ0) is 15.4. The number of benzene rings is 2. The van der Waals surface area contributed by atoms with Crippen LogP contribution in [0.25, 0.3) is 0 Å². The molecule has 0 saturated heterocycles. The summed E-state index contributed by atoms with van der Waals surface area (Å²) in [7, 11) is 0. The summed E-state index contributed by atoms with van der Waals surface area (Å²) in [6.07, 6.45) is -0.878. The van der Waals surface area contributed by atoms with Gasteiger partial charge in [-0.2, -0.15) is 0 Å². The number of carbonyl (C=O) groups is 2. The smallest absolute Gasteiger partial charge is 0.338 e. The largest absolute Gasteiger partial charge is 0.451 e. The zero-order valence-electron chi connectivity index (χ0n) is 11.4. The maximum Gasteiger partial charge on any atom is 0.338 e. The average molecular weight is 304 g/mol. The minimum absolute atomic E-state index is 0.254. The summed E-state index contributed by atoms with van der Waals surface area (Å²) < 4.78 is 5.16. The van der Waals surface area contributed by atoms with Gasteiger partial charge in [0.15, 0.2) is 6.10 Å². The highest BCUT2D eigenvalue weighted by Gasteiger charge is 2.20. The molecule has 0 fully saturated rings. The van der Waals surface area contributed by atoms with Gasteiger partial charge in [-0.05, 0) is 25.1 Å². The Bertz CT molecular complexity index is 670. The van der Waals surface area contributed by atoms with Crippen molar-refractivity contribution < 1.29 is 14.3 Å². The second kappa shape index (κ2) is 6.41. The Morgan fingerprint density at radius 1 is 1.10 bits per heavy atom. The van der Waals surface area contributed by atoms with Gasteiger partial charge < -0.3 is 10.5 Å². The summed E-state index contributed by atoms with van der Waals surface area (Å²) in [5, 5.41) is 0.361. The number of halogens is 1. The first-order chi connectivity index (χ1) is 9.99. The van der Waals surface area contributed by atoms with E-state index in [0.29, 0.717) is 10.6 Å². The van der Waals surface area contributed by atoms with Crippen LogP contribution in [-0.2, 0) is 4.74 Å². The molecule has 0 aliphatic carbocycles. The van der Waals surface area contributed by atoms with Crippen molar-refractivity contribution in [1.29, 1.82) is 0 Å². The van der Waals surface area contributed by atoms with Crippen LogP contribution in [-0.4, -0.2) is 17.9 Å². The van der Waals surface area contributed by atoms with Crippen LogP contribution in [0.5, 0.6) is 0 Å². The van der Waals surface area contributed by atoms with Gasteiger partial charge in [-0.15, -0.1) is 0 Å². The van der Waals surface area contributed by atoms with Gasteiger partial charge >= 0.3 is 5.97 Å². The molecule has 0 aliphatic rings. The number of esters is 1. The number of carbonyl (C=O) groups excluding carboxylic acids is 2. The molecular formula is C16H14ClNO3.